The van der Waals surface area contributed by atoms with Gasteiger partial charge in [-0.3, -0.25) is 28.7 Å². The van der Waals surface area contributed by atoms with E-state index >= 15 is 0 Å². The third-order valence-electron chi connectivity index (χ3n) is 11.9. The number of pyridine rings is 1. The Morgan fingerprint density at radius 1 is 0.982 bits per heavy atom. The molecule has 302 valence electrons. The molecule has 3 N–H and O–H groups in total. The lowest BCUT2D eigenvalue weighted by Gasteiger charge is -2.36. The lowest BCUT2D eigenvalue weighted by Crippen LogP contribution is -2.57. The first-order chi connectivity index (χ1) is 27.1. The summed E-state index contributed by atoms with van der Waals surface area (Å²) in [5.41, 5.74) is 0.222. The molecule has 4 fully saturated rings. The maximum atomic E-state index is 14.8. The highest BCUT2D eigenvalue weighted by Gasteiger charge is 2.62. The molecule has 2 aromatic carbocycles. The van der Waals surface area contributed by atoms with Crippen molar-refractivity contribution in [1.82, 2.24) is 30.1 Å². The van der Waals surface area contributed by atoms with Crippen LogP contribution in [0, 0.1) is 17.3 Å². The first-order valence-corrected chi connectivity index (χ1v) is 21.5. The molecule has 5 atom stereocenters. The van der Waals surface area contributed by atoms with Gasteiger partial charge >= 0.3 is 0 Å². The Bertz CT molecular complexity index is 2200. The van der Waals surface area contributed by atoms with E-state index in [4.69, 9.17) is 4.98 Å². The molecule has 4 aliphatic rings. The maximum Gasteiger partial charge on any atom is 0.259 e. The second kappa shape index (κ2) is 15.7. The van der Waals surface area contributed by atoms with Crippen LogP contribution in [-0.2, 0) is 29.2 Å². The summed E-state index contributed by atoms with van der Waals surface area (Å²) in [6.07, 6.45) is 5.39. The van der Waals surface area contributed by atoms with Gasteiger partial charge in [-0.1, -0.05) is 75.4 Å². The van der Waals surface area contributed by atoms with Gasteiger partial charge in [-0.25, -0.2) is 13.4 Å². The van der Waals surface area contributed by atoms with Gasteiger partial charge in [0.2, 0.25) is 27.7 Å². The summed E-state index contributed by atoms with van der Waals surface area (Å²) < 4.78 is 27.7. The molecule has 2 saturated heterocycles. The van der Waals surface area contributed by atoms with E-state index in [-0.39, 0.29) is 31.7 Å². The average molecular weight is 797 g/mol. The third-order valence-corrected chi connectivity index (χ3v) is 13.8. The largest absolute Gasteiger partial charge is 0.347 e. The number of hydrogen-bond donors (Lipinski definition) is 3. The van der Waals surface area contributed by atoms with Crippen molar-refractivity contribution in [2.75, 3.05) is 19.6 Å². The minimum absolute atomic E-state index is 0.0195. The fourth-order valence-electron chi connectivity index (χ4n) is 8.25. The molecular weight excluding hydrogens is 745 g/mol. The van der Waals surface area contributed by atoms with Crippen LogP contribution in [0.5, 0.6) is 0 Å². The van der Waals surface area contributed by atoms with Gasteiger partial charge in [0.25, 0.3) is 11.8 Å². The van der Waals surface area contributed by atoms with Crippen LogP contribution in [0.4, 0.5) is 0 Å². The highest BCUT2D eigenvalue weighted by molar-refractivity contribution is 7.91. The zero-order chi connectivity index (χ0) is 40.7. The van der Waals surface area contributed by atoms with Crippen LogP contribution in [-0.4, -0.2) is 95.2 Å². The number of aromatic nitrogens is 1. The summed E-state index contributed by atoms with van der Waals surface area (Å²) in [5, 5.41) is 5.90. The summed E-state index contributed by atoms with van der Waals surface area (Å²) in [6.45, 7) is 10.7. The Labute approximate surface area is 334 Å². The summed E-state index contributed by atoms with van der Waals surface area (Å²) in [6, 6.07) is 16.8. The van der Waals surface area contributed by atoms with Crippen molar-refractivity contribution >= 4 is 50.5 Å². The number of benzene rings is 2. The fraction of sp³-hybridized carbons (Fsp3) is 0.488. The van der Waals surface area contributed by atoms with Gasteiger partial charge < -0.3 is 20.4 Å². The zero-order valence-electron chi connectivity index (χ0n) is 32.8. The number of piperidine rings is 1. The summed E-state index contributed by atoms with van der Waals surface area (Å²) >= 11 is 0. The van der Waals surface area contributed by atoms with E-state index in [0.29, 0.717) is 48.1 Å². The Morgan fingerprint density at radius 3 is 2.32 bits per heavy atom. The monoisotopic (exact) mass is 796 g/mol. The van der Waals surface area contributed by atoms with Gasteiger partial charge in [0.05, 0.1) is 27.9 Å². The highest BCUT2D eigenvalue weighted by Crippen LogP contribution is 2.46. The third kappa shape index (κ3) is 8.46. The number of carbonyl (C=O) groups is 5. The normalized spacial score (nSPS) is 24.0. The quantitative estimate of drug-likeness (QED) is 0.227. The van der Waals surface area contributed by atoms with Crippen molar-refractivity contribution in [2.24, 2.45) is 17.3 Å². The van der Waals surface area contributed by atoms with Crippen molar-refractivity contribution in [3.8, 4) is 11.3 Å². The number of rotatable bonds is 12. The van der Waals surface area contributed by atoms with Crippen LogP contribution in [0.15, 0.2) is 73.3 Å². The second-order valence-corrected chi connectivity index (χ2v) is 19.1. The van der Waals surface area contributed by atoms with Crippen LogP contribution >= 0.6 is 0 Å². The van der Waals surface area contributed by atoms with Crippen LogP contribution in [0.25, 0.3) is 22.2 Å². The molecule has 14 heteroatoms. The molecule has 7 rings (SSSR count). The van der Waals surface area contributed by atoms with E-state index < -0.39 is 73.8 Å². The second-order valence-electron chi connectivity index (χ2n) is 17.1. The lowest BCUT2D eigenvalue weighted by molar-refractivity contribution is -0.148. The van der Waals surface area contributed by atoms with Gasteiger partial charge in [-0.05, 0) is 62.5 Å². The number of likely N-dealkylation sites (tertiary alicyclic amines) is 2. The number of carbonyl (C=O) groups excluding carboxylic acids is 5. The minimum atomic E-state index is -3.91. The molecule has 2 aliphatic carbocycles. The maximum absolute atomic E-state index is 14.8. The van der Waals surface area contributed by atoms with Crippen LogP contribution in [0.3, 0.4) is 0 Å². The molecular formula is C43H52N6O7S. The minimum Gasteiger partial charge on any atom is -0.347 e. The Kier molecular flexibility index (Phi) is 11.0. The molecule has 2 aliphatic heterocycles. The van der Waals surface area contributed by atoms with Crippen molar-refractivity contribution in [1.29, 1.82) is 0 Å². The Hall–Kier alpha value is -5.11. The van der Waals surface area contributed by atoms with Gasteiger partial charge in [-0.15, -0.1) is 6.58 Å². The lowest BCUT2D eigenvalue weighted by atomic mass is 9.77. The van der Waals surface area contributed by atoms with Crippen molar-refractivity contribution in [2.45, 2.75) is 95.0 Å². The van der Waals surface area contributed by atoms with Crippen LogP contribution in [0.1, 0.15) is 82.5 Å². The van der Waals surface area contributed by atoms with E-state index in [1.807, 2.05) is 75.4 Å². The molecule has 0 spiro atoms. The number of para-hydroxylation sites is 1. The Balaban J connectivity index is 1.18. The van der Waals surface area contributed by atoms with E-state index in [9.17, 15) is 32.4 Å². The number of hydrogen-bond acceptors (Lipinski definition) is 8. The number of sulfonamides is 1. The molecule has 1 aromatic heterocycles. The average Bonchev–Trinajstić information content (AvgIpc) is 4.13. The first kappa shape index (κ1) is 40.1. The van der Waals surface area contributed by atoms with Gasteiger partial charge in [0, 0.05) is 49.0 Å². The number of nitrogens with zero attached hydrogens (tertiary/aromatic N) is 3. The Morgan fingerprint density at radius 2 is 1.67 bits per heavy atom. The molecule has 5 amide bonds. The summed E-state index contributed by atoms with van der Waals surface area (Å²) in [7, 11) is -3.91. The number of nitrogens with one attached hydrogen (secondary N) is 3. The van der Waals surface area contributed by atoms with Gasteiger partial charge in [0.1, 0.15) is 11.6 Å². The first-order valence-electron chi connectivity index (χ1n) is 20.0. The molecule has 0 bridgehead atoms. The van der Waals surface area contributed by atoms with Crippen molar-refractivity contribution in [3.63, 3.8) is 0 Å². The summed E-state index contributed by atoms with van der Waals surface area (Å²) in [5.74, 6) is -3.75. The fourth-order valence-corrected chi connectivity index (χ4v) is 9.61. The van der Waals surface area contributed by atoms with E-state index in [1.54, 1.807) is 11.0 Å². The molecule has 3 heterocycles. The summed E-state index contributed by atoms with van der Waals surface area (Å²) in [4.78, 5) is 78.7. The highest BCUT2D eigenvalue weighted by atomic mass is 32.2. The van der Waals surface area contributed by atoms with Crippen LogP contribution in [0.2, 0.25) is 0 Å². The number of fused-ring (bicyclic) bond motifs is 1. The smallest absolute Gasteiger partial charge is 0.259 e. The predicted octanol–water partition coefficient (Wildman–Crippen LogP) is 4.34. The predicted molar refractivity (Wildman–Crippen MR) is 216 cm³/mol. The molecule has 13 nitrogen and oxygen atoms in total. The molecule has 0 unspecified atom stereocenters. The zero-order valence-corrected chi connectivity index (χ0v) is 33.6. The van der Waals surface area contributed by atoms with Gasteiger partial charge in [-0.2, -0.15) is 0 Å². The van der Waals surface area contributed by atoms with E-state index in [0.717, 1.165) is 24.8 Å². The standard InChI is InChI=1S/C43H52N6O7S/c1-5-28-25-43(28,41(54)47-57(55,56)30-18-19-30)46-39(52)36-22-29(26-49(36)40(53)33(42(2,3)4)24-37(50)48-20-12-7-13-21-48)44-38(51)32-23-35(27-14-8-6-9-15-27)45-34-17-11-10-16-31(32)34/h5-6,8-11,14-17,23,28-30,33,36H,1,7,12-13,18-22,24-26H2,2-4H3,(H,44,51)(H,46,52)(H,47,54)/t28-,29-,33-,36+,43-/m1/s1. The van der Waals surface area contributed by atoms with Crippen LogP contribution < -0.4 is 15.4 Å². The van der Waals surface area contributed by atoms with Gasteiger partial charge in [0.15, 0.2) is 0 Å². The molecule has 57 heavy (non-hydrogen) atoms. The molecule has 0 radical (unpaired) electrons. The molecule has 3 aromatic rings. The number of amides is 5. The van der Waals surface area contributed by atoms with E-state index in [1.165, 1.54) is 11.0 Å². The molecule has 2 saturated carbocycles. The van der Waals surface area contributed by atoms with E-state index in [2.05, 4.69) is 21.9 Å². The van der Waals surface area contributed by atoms with Crippen molar-refractivity contribution < 1.29 is 32.4 Å². The topological polar surface area (TPSA) is 175 Å². The SMILES string of the molecule is C=C[C@@H]1C[C@]1(NC(=O)[C@@H]1C[C@@H](NC(=O)c2cc(-c3ccccc3)nc3ccccc23)CN1C(=O)[C@@H](CC(=O)N1CCCCC1)C(C)(C)C)C(=O)NS(=O)(=O)C1CC1. The van der Waals surface area contributed by atoms with Crippen molar-refractivity contribution in [3.05, 3.63) is 78.9 Å².